The number of amides is 2. The normalized spacial score (nSPS) is 13.3. The van der Waals surface area contributed by atoms with E-state index in [1.165, 1.54) is 6.07 Å². The number of carbonyl (C=O) groups is 2. The minimum Gasteiger partial charge on any atom is -0.463 e. The van der Waals surface area contributed by atoms with Crippen LogP contribution in [0.4, 0.5) is 10.5 Å². The third-order valence-corrected chi connectivity index (χ3v) is 5.04. The number of amidine groups is 1. The number of fused-ring (bicyclic) bond motifs is 1. The van der Waals surface area contributed by atoms with E-state index in [9.17, 15) is 14.4 Å². The Hall–Kier alpha value is -3.79. The third-order valence-electron chi connectivity index (χ3n) is 4.76. The summed E-state index contributed by atoms with van der Waals surface area (Å²) in [5.41, 5.74) is 7.59. The highest BCUT2D eigenvalue weighted by molar-refractivity contribution is 6.42. The molecule has 0 spiro atoms. The van der Waals surface area contributed by atoms with Crippen LogP contribution >= 0.6 is 11.6 Å². The van der Waals surface area contributed by atoms with Gasteiger partial charge in [0.1, 0.15) is 11.5 Å². The maximum atomic E-state index is 12.2. The van der Waals surface area contributed by atoms with Crippen molar-refractivity contribution in [3.05, 3.63) is 51.4 Å². The summed E-state index contributed by atoms with van der Waals surface area (Å²) in [6.45, 7) is 5.74. The number of aromatic amines is 1. The molecule has 11 heteroatoms. The van der Waals surface area contributed by atoms with Crippen LogP contribution in [-0.4, -0.2) is 32.5 Å². The fraction of sp³-hybridized carbons (Fsp3) is 0.273. The van der Waals surface area contributed by atoms with E-state index in [4.69, 9.17) is 27.2 Å². The second-order valence-electron chi connectivity index (χ2n) is 7.15. The number of imidazole rings is 1. The maximum Gasteiger partial charge on any atom is 0.433 e. The number of ether oxygens (including phenoxy) is 1. The topological polar surface area (TPSA) is 152 Å². The molecule has 33 heavy (non-hydrogen) atoms. The van der Waals surface area contributed by atoms with E-state index in [-0.39, 0.29) is 16.8 Å². The second kappa shape index (κ2) is 9.78. The first-order chi connectivity index (χ1) is 15.7. The number of aryl methyl sites for hydroxylation is 1. The Morgan fingerprint density at radius 2 is 1.97 bits per heavy atom. The number of rotatable bonds is 4. The van der Waals surface area contributed by atoms with Crippen LogP contribution in [0.25, 0.3) is 11.0 Å². The van der Waals surface area contributed by atoms with Crippen LogP contribution in [0.3, 0.4) is 0 Å². The van der Waals surface area contributed by atoms with E-state index in [1.54, 1.807) is 35.8 Å². The van der Waals surface area contributed by atoms with Gasteiger partial charge in [0.25, 0.3) is 5.91 Å². The quantitative estimate of drug-likeness (QED) is 0.325. The smallest absolute Gasteiger partial charge is 0.433 e. The Labute approximate surface area is 194 Å². The molecule has 10 nitrogen and oxygen atoms in total. The molecular weight excluding hydrogens is 450 g/mol. The predicted molar refractivity (Wildman–Crippen MR) is 127 cm³/mol. The van der Waals surface area contributed by atoms with E-state index in [0.29, 0.717) is 22.7 Å². The molecule has 0 bridgehead atoms. The number of aliphatic imine (C=N–C) groups is 1. The van der Waals surface area contributed by atoms with Gasteiger partial charge in [-0.2, -0.15) is 4.99 Å². The number of nitrogens with zero attached hydrogens (tertiary/aromatic N) is 2. The van der Waals surface area contributed by atoms with Crippen molar-refractivity contribution in [2.24, 2.45) is 10.7 Å². The van der Waals surface area contributed by atoms with E-state index >= 15 is 0 Å². The largest absolute Gasteiger partial charge is 0.463 e. The highest BCUT2D eigenvalue weighted by Crippen LogP contribution is 2.38. The number of carboxylic acid groups (broad SMARTS) is 1. The number of anilines is 1. The van der Waals surface area contributed by atoms with Gasteiger partial charge in [-0.1, -0.05) is 25.4 Å². The van der Waals surface area contributed by atoms with Crippen molar-refractivity contribution in [3.8, 4) is 11.5 Å². The van der Waals surface area contributed by atoms with E-state index < -0.39 is 17.8 Å². The maximum absolute atomic E-state index is 12.2. The first kappa shape index (κ1) is 23.9. The molecule has 2 amide bonds. The molecule has 0 aliphatic heterocycles. The Morgan fingerprint density at radius 3 is 2.58 bits per heavy atom. The SMILES string of the molecule is CC.Cc1cc(NC(=O)/C(N)=N/C(=O)O)cc(Cl)c1Oc1ccc2[nH]c(=O)n(C3CC3)c2c1. The van der Waals surface area contributed by atoms with Crippen LogP contribution in [0.15, 0.2) is 40.1 Å². The van der Waals surface area contributed by atoms with Gasteiger partial charge < -0.3 is 25.9 Å². The molecule has 1 heterocycles. The first-order valence-corrected chi connectivity index (χ1v) is 10.7. The molecule has 0 saturated heterocycles. The number of carbonyl (C=O) groups excluding carboxylic acids is 1. The van der Waals surface area contributed by atoms with Crippen molar-refractivity contribution in [1.29, 1.82) is 0 Å². The summed E-state index contributed by atoms with van der Waals surface area (Å²) >= 11 is 6.35. The summed E-state index contributed by atoms with van der Waals surface area (Å²) in [7, 11) is 0. The fourth-order valence-electron chi connectivity index (χ4n) is 3.26. The molecule has 2 aromatic carbocycles. The first-order valence-electron chi connectivity index (χ1n) is 10.3. The van der Waals surface area contributed by atoms with Crippen molar-refractivity contribution < 1.29 is 19.4 Å². The van der Waals surface area contributed by atoms with Crippen LogP contribution < -0.4 is 21.5 Å². The van der Waals surface area contributed by atoms with Gasteiger partial charge in [0, 0.05) is 17.8 Å². The summed E-state index contributed by atoms with van der Waals surface area (Å²) in [4.78, 5) is 40.4. The highest BCUT2D eigenvalue weighted by atomic mass is 35.5. The molecule has 3 aromatic rings. The number of hydrogen-bond acceptors (Lipinski definition) is 4. The molecule has 174 valence electrons. The molecular formula is C22H24ClN5O5. The molecule has 4 rings (SSSR count). The van der Waals surface area contributed by atoms with Crippen molar-refractivity contribution >= 4 is 46.2 Å². The average molecular weight is 474 g/mol. The summed E-state index contributed by atoms with van der Waals surface area (Å²) in [5, 5.41) is 11.2. The summed E-state index contributed by atoms with van der Waals surface area (Å²) in [6.07, 6.45) is 0.368. The predicted octanol–water partition coefficient (Wildman–Crippen LogP) is 4.42. The van der Waals surface area contributed by atoms with Crippen molar-refractivity contribution in [2.45, 2.75) is 39.7 Å². The van der Waals surface area contributed by atoms with E-state index in [0.717, 1.165) is 23.9 Å². The molecule has 5 N–H and O–H groups in total. The Morgan fingerprint density at radius 1 is 1.27 bits per heavy atom. The molecule has 1 saturated carbocycles. The number of benzene rings is 2. The lowest BCUT2D eigenvalue weighted by atomic mass is 10.2. The molecule has 1 aliphatic rings. The molecule has 1 aliphatic carbocycles. The Bertz CT molecular complexity index is 1280. The number of H-pyrrole nitrogens is 1. The summed E-state index contributed by atoms with van der Waals surface area (Å²) < 4.78 is 7.71. The van der Waals surface area contributed by atoms with Crippen LogP contribution in [0.5, 0.6) is 11.5 Å². The van der Waals surface area contributed by atoms with E-state index in [1.807, 2.05) is 13.8 Å². The van der Waals surface area contributed by atoms with Gasteiger partial charge >= 0.3 is 11.8 Å². The highest BCUT2D eigenvalue weighted by Gasteiger charge is 2.27. The summed E-state index contributed by atoms with van der Waals surface area (Å²) in [5.74, 6) is -0.687. The van der Waals surface area contributed by atoms with Crippen molar-refractivity contribution in [1.82, 2.24) is 9.55 Å². The lowest BCUT2D eigenvalue weighted by molar-refractivity contribution is -0.110. The van der Waals surface area contributed by atoms with E-state index in [2.05, 4.69) is 15.3 Å². The number of nitrogens with two attached hydrogens (primary N) is 1. The minimum absolute atomic E-state index is 0.144. The zero-order valence-electron chi connectivity index (χ0n) is 18.3. The fourth-order valence-corrected chi connectivity index (χ4v) is 3.56. The zero-order chi connectivity index (χ0) is 24.3. The summed E-state index contributed by atoms with van der Waals surface area (Å²) in [6, 6.07) is 8.53. The van der Waals surface area contributed by atoms with Crippen molar-refractivity contribution in [2.75, 3.05) is 5.32 Å². The van der Waals surface area contributed by atoms with Crippen LogP contribution in [0.2, 0.25) is 5.02 Å². The molecule has 1 fully saturated rings. The van der Waals surface area contributed by atoms with Gasteiger partial charge in [0.15, 0.2) is 5.84 Å². The lowest BCUT2D eigenvalue weighted by Gasteiger charge is -2.13. The van der Waals surface area contributed by atoms with Gasteiger partial charge in [-0.05, 0) is 49.6 Å². The monoisotopic (exact) mass is 473 g/mol. The van der Waals surface area contributed by atoms with Gasteiger partial charge in [-0.3, -0.25) is 9.36 Å². The van der Waals surface area contributed by atoms with Gasteiger partial charge in [-0.15, -0.1) is 0 Å². The third kappa shape index (κ3) is 5.35. The van der Waals surface area contributed by atoms with Crippen LogP contribution in [0, 0.1) is 6.92 Å². The van der Waals surface area contributed by atoms with Crippen molar-refractivity contribution in [3.63, 3.8) is 0 Å². The Kier molecular flexibility index (Phi) is 7.07. The Balaban J connectivity index is 0.00000149. The molecule has 0 unspecified atom stereocenters. The van der Waals surface area contributed by atoms with Gasteiger partial charge in [-0.25, -0.2) is 9.59 Å². The number of aromatic nitrogens is 2. The zero-order valence-corrected chi connectivity index (χ0v) is 19.1. The standard InChI is InChI=1S/C20H18ClN5O5.C2H6/c1-9-6-10(23-18(27)17(22)25-20(29)30)7-13(21)16(9)31-12-4-5-14-15(8-12)26(11-2-3-11)19(28)24-14;1-2/h4-8,11H,2-3H2,1H3,(H2,22,25)(H,23,27)(H,24,28)(H,29,30);1-2H3. The number of hydrogen-bond donors (Lipinski definition) is 4. The lowest BCUT2D eigenvalue weighted by Crippen LogP contribution is -2.31. The molecule has 0 radical (unpaired) electrons. The molecule has 1 aromatic heterocycles. The average Bonchev–Trinajstić information content (AvgIpc) is 3.53. The second-order valence-corrected chi connectivity index (χ2v) is 7.56. The van der Waals surface area contributed by atoms with Crippen LogP contribution in [0.1, 0.15) is 38.3 Å². The van der Waals surface area contributed by atoms with Gasteiger partial charge in [0.2, 0.25) is 0 Å². The number of halogens is 1. The minimum atomic E-state index is -1.57. The number of nitrogens with one attached hydrogen (secondary N) is 2. The molecule has 0 atom stereocenters. The van der Waals surface area contributed by atoms with Gasteiger partial charge in [0.05, 0.1) is 16.1 Å². The van der Waals surface area contributed by atoms with Crippen LogP contribution in [-0.2, 0) is 4.79 Å².